The van der Waals surface area contributed by atoms with Gasteiger partial charge in [-0.15, -0.1) is 0 Å². The molecular formula is C16H32. The number of rotatable bonds is 6. The maximum absolute atomic E-state index is 2.44. The smallest absolute Gasteiger partial charge is 0.0414 e. The van der Waals surface area contributed by atoms with Crippen LogP contribution in [-0.2, 0) is 0 Å². The Labute approximate surface area is 103 Å². The first-order valence-electron chi connectivity index (χ1n) is 7.72. The summed E-state index contributed by atoms with van der Waals surface area (Å²) in [6, 6.07) is 0. The second-order valence-electron chi connectivity index (χ2n) is 6.30. The van der Waals surface area contributed by atoms with Crippen molar-refractivity contribution in [1.29, 1.82) is 0 Å². The third-order valence-corrected chi connectivity index (χ3v) is 4.47. The maximum Gasteiger partial charge on any atom is -0.0414 e. The highest BCUT2D eigenvalue weighted by molar-refractivity contribution is 4.68. The summed E-state index contributed by atoms with van der Waals surface area (Å²) in [4.78, 5) is 0. The molecule has 0 nitrogen and oxygen atoms in total. The van der Waals surface area contributed by atoms with Gasteiger partial charge in [-0.2, -0.15) is 0 Å². The van der Waals surface area contributed by atoms with Crippen LogP contribution in [0.25, 0.3) is 0 Å². The Balaban J connectivity index is 2.07. The van der Waals surface area contributed by atoms with Gasteiger partial charge in [0.05, 0.1) is 0 Å². The van der Waals surface area contributed by atoms with E-state index < -0.39 is 0 Å². The highest BCUT2D eigenvalue weighted by atomic mass is 14.2. The normalized spacial score (nSPS) is 28.7. The van der Waals surface area contributed by atoms with Gasteiger partial charge < -0.3 is 0 Å². The van der Waals surface area contributed by atoms with Gasteiger partial charge >= 0.3 is 0 Å². The standard InChI is InChI=1S/C16H32/c1-4-7-14(2)8-5-10-16-11-6-9-15(3)12-13-16/h14-16H,4-13H2,1-3H3. The topological polar surface area (TPSA) is 0 Å². The Morgan fingerprint density at radius 2 is 1.88 bits per heavy atom. The highest BCUT2D eigenvalue weighted by Gasteiger charge is 2.15. The average molecular weight is 224 g/mol. The minimum atomic E-state index is 0.967. The first kappa shape index (κ1) is 14.1. The van der Waals surface area contributed by atoms with Crippen molar-refractivity contribution in [2.24, 2.45) is 17.8 Å². The summed E-state index contributed by atoms with van der Waals surface area (Å²) in [7, 11) is 0. The molecule has 1 aliphatic carbocycles. The molecule has 0 amide bonds. The van der Waals surface area contributed by atoms with Crippen molar-refractivity contribution in [3.63, 3.8) is 0 Å². The van der Waals surface area contributed by atoms with E-state index in [2.05, 4.69) is 20.8 Å². The van der Waals surface area contributed by atoms with Crippen LogP contribution < -0.4 is 0 Å². The number of hydrogen-bond donors (Lipinski definition) is 0. The molecule has 0 aromatic heterocycles. The minimum absolute atomic E-state index is 0.967. The lowest BCUT2D eigenvalue weighted by Gasteiger charge is -2.15. The fourth-order valence-electron chi connectivity index (χ4n) is 3.24. The van der Waals surface area contributed by atoms with Gasteiger partial charge in [-0.3, -0.25) is 0 Å². The lowest BCUT2D eigenvalue weighted by molar-refractivity contribution is 0.374. The van der Waals surface area contributed by atoms with Crippen LogP contribution >= 0.6 is 0 Å². The van der Waals surface area contributed by atoms with Crippen LogP contribution in [0.4, 0.5) is 0 Å². The molecule has 0 aromatic rings. The molecule has 1 fully saturated rings. The molecule has 0 bridgehead atoms. The predicted octanol–water partition coefficient (Wildman–Crippen LogP) is 5.81. The molecule has 1 rings (SSSR count). The zero-order valence-electron chi connectivity index (χ0n) is 11.8. The Kier molecular flexibility index (Phi) is 7.16. The lowest BCUT2D eigenvalue weighted by Crippen LogP contribution is -2.01. The summed E-state index contributed by atoms with van der Waals surface area (Å²) in [6.07, 6.45) is 14.8. The third-order valence-electron chi connectivity index (χ3n) is 4.47. The first-order chi connectivity index (χ1) is 7.72. The predicted molar refractivity (Wildman–Crippen MR) is 73.7 cm³/mol. The number of hydrogen-bond acceptors (Lipinski definition) is 0. The van der Waals surface area contributed by atoms with Gasteiger partial charge in [0.1, 0.15) is 0 Å². The van der Waals surface area contributed by atoms with Crippen molar-refractivity contribution in [2.75, 3.05) is 0 Å². The van der Waals surface area contributed by atoms with E-state index in [1.54, 1.807) is 0 Å². The van der Waals surface area contributed by atoms with Gasteiger partial charge in [0.2, 0.25) is 0 Å². The van der Waals surface area contributed by atoms with E-state index in [4.69, 9.17) is 0 Å². The zero-order valence-corrected chi connectivity index (χ0v) is 11.8. The molecular weight excluding hydrogens is 192 g/mol. The van der Waals surface area contributed by atoms with Crippen molar-refractivity contribution >= 4 is 0 Å². The van der Waals surface area contributed by atoms with E-state index >= 15 is 0 Å². The van der Waals surface area contributed by atoms with E-state index in [1.807, 2.05) is 0 Å². The van der Waals surface area contributed by atoms with E-state index in [0.717, 1.165) is 17.8 Å². The van der Waals surface area contributed by atoms with E-state index in [1.165, 1.54) is 64.2 Å². The highest BCUT2D eigenvalue weighted by Crippen LogP contribution is 2.30. The molecule has 0 heteroatoms. The fourth-order valence-corrected chi connectivity index (χ4v) is 3.24. The Hall–Kier alpha value is 0. The van der Waals surface area contributed by atoms with Crippen LogP contribution in [-0.4, -0.2) is 0 Å². The zero-order chi connectivity index (χ0) is 11.8. The second kappa shape index (κ2) is 8.14. The molecule has 0 aromatic carbocycles. The van der Waals surface area contributed by atoms with E-state index in [9.17, 15) is 0 Å². The quantitative estimate of drug-likeness (QED) is 0.499. The summed E-state index contributed by atoms with van der Waals surface area (Å²) in [5.41, 5.74) is 0. The molecule has 0 heterocycles. The van der Waals surface area contributed by atoms with Crippen LogP contribution in [0.5, 0.6) is 0 Å². The van der Waals surface area contributed by atoms with Crippen LogP contribution in [0.1, 0.15) is 85.0 Å². The third kappa shape index (κ3) is 5.92. The average Bonchev–Trinajstić information content (AvgIpc) is 2.44. The molecule has 0 radical (unpaired) electrons. The summed E-state index contributed by atoms with van der Waals surface area (Å²) >= 11 is 0. The van der Waals surface area contributed by atoms with Gasteiger partial charge in [0.25, 0.3) is 0 Å². The van der Waals surface area contributed by atoms with Gasteiger partial charge in [-0.1, -0.05) is 85.0 Å². The van der Waals surface area contributed by atoms with Crippen molar-refractivity contribution < 1.29 is 0 Å². The molecule has 0 aliphatic heterocycles. The Morgan fingerprint density at radius 3 is 2.62 bits per heavy atom. The van der Waals surface area contributed by atoms with Crippen LogP contribution in [0, 0.1) is 17.8 Å². The van der Waals surface area contributed by atoms with Crippen LogP contribution in [0.3, 0.4) is 0 Å². The SMILES string of the molecule is CCCC(C)CCCC1CCCC(C)CC1. The van der Waals surface area contributed by atoms with E-state index in [0.29, 0.717) is 0 Å². The van der Waals surface area contributed by atoms with Crippen LogP contribution in [0.2, 0.25) is 0 Å². The summed E-state index contributed by atoms with van der Waals surface area (Å²) < 4.78 is 0. The van der Waals surface area contributed by atoms with Gasteiger partial charge in [0, 0.05) is 0 Å². The Morgan fingerprint density at radius 1 is 1.06 bits per heavy atom. The molecule has 0 N–H and O–H groups in total. The van der Waals surface area contributed by atoms with Crippen molar-refractivity contribution in [2.45, 2.75) is 85.0 Å². The van der Waals surface area contributed by atoms with E-state index in [-0.39, 0.29) is 0 Å². The van der Waals surface area contributed by atoms with Crippen molar-refractivity contribution in [1.82, 2.24) is 0 Å². The second-order valence-corrected chi connectivity index (χ2v) is 6.30. The Bertz CT molecular complexity index is 161. The van der Waals surface area contributed by atoms with Crippen molar-refractivity contribution in [3.05, 3.63) is 0 Å². The van der Waals surface area contributed by atoms with Gasteiger partial charge in [-0.25, -0.2) is 0 Å². The molecule has 3 atom stereocenters. The molecule has 0 saturated heterocycles. The molecule has 1 saturated carbocycles. The molecule has 0 spiro atoms. The van der Waals surface area contributed by atoms with Crippen LogP contribution in [0.15, 0.2) is 0 Å². The fraction of sp³-hybridized carbons (Fsp3) is 1.00. The molecule has 1 aliphatic rings. The lowest BCUT2D eigenvalue weighted by atomic mass is 9.91. The molecule has 3 unspecified atom stereocenters. The van der Waals surface area contributed by atoms with Gasteiger partial charge in [0.15, 0.2) is 0 Å². The minimum Gasteiger partial charge on any atom is -0.0654 e. The summed E-state index contributed by atoms with van der Waals surface area (Å²) in [6.45, 7) is 7.17. The van der Waals surface area contributed by atoms with Crippen molar-refractivity contribution in [3.8, 4) is 0 Å². The van der Waals surface area contributed by atoms with Gasteiger partial charge in [-0.05, 0) is 17.8 Å². The summed E-state index contributed by atoms with van der Waals surface area (Å²) in [5.74, 6) is 3.04. The molecule has 96 valence electrons. The maximum atomic E-state index is 2.44. The summed E-state index contributed by atoms with van der Waals surface area (Å²) in [5, 5.41) is 0. The molecule has 16 heavy (non-hydrogen) atoms. The first-order valence-corrected chi connectivity index (χ1v) is 7.72. The largest absolute Gasteiger partial charge is 0.0654 e. The monoisotopic (exact) mass is 224 g/mol.